The maximum absolute atomic E-state index is 13.0. The molecule has 0 aliphatic heterocycles. The van der Waals surface area contributed by atoms with E-state index < -0.39 is 0 Å². The first-order valence-electron chi connectivity index (χ1n) is 10.3. The van der Waals surface area contributed by atoms with Crippen LogP contribution in [0.5, 0.6) is 0 Å². The molecule has 0 fully saturated rings. The number of para-hydroxylation sites is 1. The molecular formula is C22H31N5OS. The zero-order valence-corrected chi connectivity index (χ0v) is 18.8. The van der Waals surface area contributed by atoms with Gasteiger partial charge in [-0.3, -0.25) is 9.69 Å². The van der Waals surface area contributed by atoms with Crippen LogP contribution in [0.3, 0.4) is 0 Å². The van der Waals surface area contributed by atoms with Crippen LogP contribution in [-0.4, -0.2) is 50.3 Å². The van der Waals surface area contributed by atoms with E-state index in [0.29, 0.717) is 5.75 Å². The van der Waals surface area contributed by atoms with Gasteiger partial charge in [0.25, 0.3) is 0 Å². The van der Waals surface area contributed by atoms with E-state index in [2.05, 4.69) is 52.6 Å². The summed E-state index contributed by atoms with van der Waals surface area (Å²) in [5, 5.41) is 10.8. The average Bonchev–Trinajstić information content (AvgIpc) is 3.24. The van der Waals surface area contributed by atoms with Crippen LogP contribution in [-0.2, 0) is 6.54 Å². The molecule has 156 valence electrons. The van der Waals surface area contributed by atoms with Crippen molar-refractivity contribution in [1.82, 2.24) is 24.6 Å². The number of carbonyl (C=O) groups is 1. The topological polar surface area (TPSA) is 66.8 Å². The number of hydrogen-bond acceptors (Lipinski definition) is 5. The monoisotopic (exact) mass is 413 g/mol. The van der Waals surface area contributed by atoms with E-state index >= 15 is 0 Å². The number of rotatable bonds is 10. The van der Waals surface area contributed by atoms with Gasteiger partial charge in [0.2, 0.25) is 0 Å². The van der Waals surface area contributed by atoms with Crippen molar-refractivity contribution in [1.29, 1.82) is 0 Å². The number of fused-ring (bicyclic) bond motifs is 1. The van der Waals surface area contributed by atoms with Crippen molar-refractivity contribution >= 4 is 28.4 Å². The number of unbranched alkanes of at least 4 members (excludes halogenated alkanes) is 1. The molecule has 0 bridgehead atoms. The SMILES string of the molecule is CCCCn1c(SCC(=O)c2c(C)[nH]c3ccccc23)nnc1C(CC)N(C)C. The van der Waals surface area contributed by atoms with E-state index in [1.807, 2.05) is 31.2 Å². The molecule has 6 nitrogen and oxygen atoms in total. The lowest BCUT2D eigenvalue weighted by molar-refractivity contribution is 0.102. The number of nitrogens with zero attached hydrogens (tertiary/aromatic N) is 4. The molecule has 7 heteroatoms. The summed E-state index contributed by atoms with van der Waals surface area (Å²) in [6, 6.07) is 8.18. The number of H-pyrrole nitrogens is 1. The van der Waals surface area contributed by atoms with Crippen molar-refractivity contribution in [3.8, 4) is 0 Å². The minimum absolute atomic E-state index is 0.121. The van der Waals surface area contributed by atoms with Gasteiger partial charge in [-0.05, 0) is 39.9 Å². The Hall–Kier alpha value is -2.12. The smallest absolute Gasteiger partial charge is 0.191 e. The molecule has 0 amide bonds. The van der Waals surface area contributed by atoms with Gasteiger partial charge in [0.1, 0.15) is 0 Å². The number of thioether (sulfide) groups is 1. The molecule has 0 saturated heterocycles. The molecule has 0 aliphatic rings. The van der Waals surface area contributed by atoms with Gasteiger partial charge in [0.05, 0.1) is 11.8 Å². The summed E-state index contributed by atoms with van der Waals surface area (Å²) in [6.45, 7) is 7.19. The Morgan fingerprint density at radius 1 is 1.24 bits per heavy atom. The Kier molecular flexibility index (Phi) is 7.14. The van der Waals surface area contributed by atoms with Gasteiger partial charge in [0, 0.05) is 28.7 Å². The molecule has 0 saturated carbocycles. The van der Waals surface area contributed by atoms with Crippen LogP contribution in [0.25, 0.3) is 10.9 Å². The Morgan fingerprint density at radius 3 is 2.69 bits per heavy atom. The Labute approximate surface area is 177 Å². The maximum atomic E-state index is 13.0. The fraction of sp³-hybridized carbons (Fsp3) is 0.500. The summed E-state index contributed by atoms with van der Waals surface area (Å²) in [4.78, 5) is 18.5. The van der Waals surface area contributed by atoms with E-state index in [1.54, 1.807) is 0 Å². The van der Waals surface area contributed by atoms with Gasteiger partial charge < -0.3 is 9.55 Å². The van der Waals surface area contributed by atoms with Gasteiger partial charge in [-0.1, -0.05) is 50.2 Å². The van der Waals surface area contributed by atoms with Gasteiger partial charge in [-0.15, -0.1) is 10.2 Å². The standard InChI is InChI=1S/C22H31N5OS/c1-6-8-13-27-21(18(7-2)26(4)5)24-25-22(27)29-14-19(28)20-15(3)23-17-12-10-9-11-16(17)20/h9-12,18,23H,6-8,13-14H2,1-5H3. The van der Waals surface area contributed by atoms with Crippen LogP contribution < -0.4 is 0 Å². The summed E-state index contributed by atoms with van der Waals surface area (Å²) >= 11 is 1.49. The summed E-state index contributed by atoms with van der Waals surface area (Å²) < 4.78 is 2.21. The number of aromatic nitrogens is 4. The quantitative estimate of drug-likeness (QED) is 0.380. The highest BCUT2D eigenvalue weighted by Crippen LogP contribution is 2.28. The summed E-state index contributed by atoms with van der Waals surface area (Å²) in [7, 11) is 4.15. The Morgan fingerprint density at radius 2 is 2.00 bits per heavy atom. The molecule has 1 atom stereocenters. The minimum Gasteiger partial charge on any atom is -0.358 e. The first-order valence-corrected chi connectivity index (χ1v) is 11.3. The van der Waals surface area contributed by atoms with Crippen LogP contribution in [0.4, 0.5) is 0 Å². The second-order valence-corrected chi connectivity index (χ2v) is 8.56. The summed E-state index contributed by atoms with van der Waals surface area (Å²) in [6.07, 6.45) is 3.14. The molecule has 3 rings (SSSR count). The predicted molar refractivity (Wildman–Crippen MR) is 120 cm³/mol. The average molecular weight is 414 g/mol. The Bertz CT molecular complexity index is 975. The van der Waals surface area contributed by atoms with Gasteiger partial charge in [-0.2, -0.15) is 0 Å². The lowest BCUT2D eigenvalue weighted by Crippen LogP contribution is -2.23. The van der Waals surface area contributed by atoms with E-state index in [4.69, 9.17) is 0 Å². The number of ketones is 1. The molecule has 0 radical (unpaired) electrons. The van der Waals surface area contributed by atoms with Crippen molar-refractivity contribution in [2.24, 2.45) is 0 Å². The second-order valence-electron chi connectivity index (χ2n) is 7.62. The van der Waals surface area contributed by atoms with Crippen molar-refractivity contribution in [3.05, 3.63) is 41.3 Å². The third-order valence-corrected chi connectivity index (χ3v) is 6.26. The molecule has 3 aromatic rings. The highest BCUT2D eigenvalue weighted by molar-refractivity contribution is 7.99. The number of benzene rings is 1. The van der Waals surface area contributed by atoms with Gasteiger partial charge in [0.15, 0.2) is 16.8 Å². The molecule has 0 spiro atoms. The molecule has 1 unspecified atom stereocenters. The number of nitrogens with one attached hydrogen (secondary N) is 1. The van der Waals surface area contributed by atoms with Crippen molar-refractivity contribution in [2.45, 2.75) is 57.8 Å². The van der Waals surface area contributed by atoms with Crippen LogP contribution in [0.15, 0.2) is 29.4 Å². The van der Waals surface area contributed by atoms with E-state index in [-0.39, 0.29) is 11.8 Å². The molecule has 29 heavy (non-hydrogen) atoms. The minimum atomic E-state index is 0.121. The summed E-state index contributed by atoms with van der Waals surface area (Å²) in [5.74, 6) is 1.46. The fourth-order valence-electron chi connectivity index (χ4n) is 3.80. The number of hydrogen-bond donors (Lipinski definition) is 1. The first-order chi connectivity index (χ1) is 14.0. The normalized spacial score (nSPS) is 12.8. The van der Waals surface area contributed by atoms with Gasteiger partial charge in [-0.25, -0.2) is 0 Å². The van der Waals surface area contributed by atoms with Crippen LogP contribution in [0, 0.1) is 6.92 Å². The molecule has 2 aromatic heterocycles. The highest BCUT2D eigenvalue weighted by atomic mass is 32.2. The lowest BCUT2D eigenvalue weighted by atomic mass is 10.1. The van der Waals surface area contributed by atoms with Crippen LogP contribution >= 0.6 is 11.8 Å². The third-order valence-electron chi connectivity index (χ3n) is 5.29. The number of carbonyl (C=O) groups excluding carboxylic acids is 1. The summed E-state index contributed by atoms with van der Waals surface area (Å²) in [5.41, 5.74) is 2.71. The number of Topliss-reactive ketones (excluding diaryl/α,β-unsaturated/α-hetero) is 1. The number of aromatic amines is 1. The zero-order chi connectivity index (χ0) is 21.0. The van der Waals surface area contributed by atoms with E-state index in [9.17, 15) is 4.79 Å². The fourth-order valence-corrected chi connectivity index (χ4v) is 4.64. The Balaban J connectivity index is 1.83. The van der Waals surface area contributed by atoms with Crippen molar-refractivity contribution in [3.63, 3.8) is 0 Å². The molecule has 2 heterocycles. The molecule has 0 aliphatic carbocycles. The first kappa shape index (κ1) is 21.6. The van der Waals surface area contributed by atoms with Crippen LogP contribution in [0.2, 0.25) is 0 Å². The van der Waals surface area contributed by atoms with Crippen molar-refractivity contribution in [2.75, 3.05) is 19.8 Å². The predicted octanol–water partition coefficient (Wildman–Crippen LogP) is 4.86. The maximum Gasteiger partial charge on any atom is 0.191 e. The number of aryl methyl sites for hydroxylation is 1. The van der Waals surface area contributed by atoms with Crippen LogP contribution in [0.1, 0.15) is 61.0 Å². The van der Waals surface area contributed by atoms with Crippen molar-refractivity contribution < 1.29 is 4.79 Å². The molecule has 1 aromatic carbocycles. The van der Waals surface area contributed by atoms with E-state index in [0.717, 1.165) is 58.9 Å². The van der Waals surface area contributed by atoms with Gasteiger partial charge >= 0.3 is 0 Å². The molecule has 1 N–H and O–H groups in total. The highest BCUT2D eigenvalue weighted by Gasteiger charge is 2.23. The molecular weight excluding hydrogens is 382 g/mol. The largest absolute Gasteiger partial charge is 0.358 e. The third kappa shape index (κ3) is 4.56. The zero-order valence-electron chi connectivity index (χ0n) is 18.0. The lowest BCUT2D eigenvalue weighted by Gasteiger charge is -2.23. The second kappa shape index (κ2) is 9.59. The van der Waals surface area contributed by atoms with E-state index in [1.165, 1.54) is 11.8 Å².